The lowest BCUT2D eigenvalue weighted by atomic mass is 9.98. The third-order valence-electron chi connectivity index (χ3n) is 8.62. The summed E-state index contributed by atoms with van der Waals surface area (Å²) >= 11 is 0. The molecule has 1 saturated heterocycles. The number of benzene rings is 4. The number of carbonyl (C=O) groups is 2. The molecule has 0 spiro atoms. The van der Waals surface area contributed by atoms with Crippen molar-refractivity contribution in [2.45, 2.75) is 58.0 Å². The average molecular weight is 652 g/mol. The molecule has 48 heavy (non-hydrogen) atoms. The van der Waals surface area contributed by atoms with E-state index in [4.69, 9.17) is 14.2 Å². The lowest BCUT2D eigenvalue weighted by Gasteiger charge is -2.39. The Morgan fingerprint density at radius 2 is 1.60 bits per heavy atom. The highest BCUT2D eigenvalue weighted by Gasteiger charge is 2.33. The van der Waals surface area contributed by atoms with Gasteiger partial charge in [0, 0.05) is 31.1 Å². The highest BCUT2D eigenvalue weighted by Crippen LogP contribution is 2.39. The second kappa shape index (κ2) is 17.0. The largest absolute Gasteiger partial charge is 0.465 e. The number of carbonyl (C=O) groups excluding carboxylic acids is 2. The number of amides is 2. The van der Waals surface area contributed by atoms with Gasteiger partial charge >= 0.3 is 12.0 Å². The summed E-state index contributed by atoms with van der Waals surface area (Å²) in [6.07, 6.45) is -0.159. The van der Waals surface area contributed by atoms with Crippen LogP contribution in [0.1, 0.15) is 66.5 Å². The lowest BCUT2D eigenvalue weighted by Crippen LogP contribution is -2.38. The van der Waals surface area contributed by atoms with E-state index in [2.05, 4.69) is 59.8 Å². The standard InChI is InChI=1S/C39H45N3O6/c1-4-46-37(44)24-41-39(45)40-23-29-10-8-13-32(20-29)33-14-9-15-34(21-33)38-47-35(25-42(3)27(2)30-11-6-5-7-12-30)22-36(48-38)31-18-16-28(26-43)17-19-31/h5-21,27,35-36,38,43H,4,22-26H2,1-3H3,(H2,40,41,45)/t27-,35+,36-,38-/m0/s1. The zero-order valence-corrected chi connectivity index (χ0v) is 27.8. The minimum Gasteiger partial charge on any atom is -0.465 e. The van der Waals surface area contributed by atoms with Gasteiger partial charge in [0.2, 0.25) is 0 Å². The minimum absolute atomic E-state index is 0.00489. The number of esters is 1. The summed E-state index contributed by atoms with van der Waals surface area (Å²) < 4.78 is 18.2. The van der Waals surface area contributed by atoms with E-state index in [1.54, 1.807) is 6.92 Å². The van der Waals surface area contributed by atoms with E-state index in [9.17, 15) is 14.7 Å². The van der Waals surface area contributed by atoms with Crippen LogP contribution in [0, 0.1) is 0 Å². The predicted octanol–water partition coefficient (Wildman–Crippen LogP) is 6.45. The Hall–Kier alpha value is -4.54. The van der Waals surface area contributed by atoms with Crippen LogP contribution in [0.5, 0.6) is 0 Å². The zero-order chi connectivity index (χ0) is 33.9. The topological polar surface area (TPSA) is 109 Å². The van der Waals surface area contributed by atoms with Crippen molar-refractivity contribution in [1.29, 1.82) is 0 Å². The number of likely N-dealkylation sites (N-methyl/N-ethyl adjacent to an activating group) is 1. The van der Waals surface area contributed by atoms with Crippen LogP contribution in [0.15, 0.2) is 103 Å². The summed E-state index contributed by atoms with van der Waals surface area (Å²) in [4.78, 5) is 26.0. The molecule has 4 aromatic rings. The lowest BCUT2D eigenvalue weighted by molar-refractivity contribution is -0.253. The van der Waals surface area contributed by atoms with Crippen molar-refractivity contribution in [1.82, 2.24) is 15.5 Å². The molecule has 9 nitrogen and oxygen atoms in total. The molecule has 4 aromatic carbocycles. The van der Waals surface area contributed by atoms with E-state index in [1.807, 2.05) is 72.8 Å². The van der Waals surface area contributed by atoms with Crippen LogP contribution in [-0.4, -0.2) is 54.9 Å². The zero-order valence-electron chi connectivity index (χ0n) is 27.8. The van der Waals surface area contributed by atoms with E-state index in [0.29, 0.717) is 13.0 Å². The molecule has 1 heterocycles. The quantitative estimate of drug-likeness (QED) is 0.143. The number of nitrogens with zero attached hydrogens (tertiary/aromatic N) is 1. The van der Waals surface area contributed by atoms with Crippen LogP contribution in [0.2, 0.25) is 0 Å². The first-order valence-electron chi connectivity index (χ1n) is 16.4. The number of hydrogen-bond donors (Lipinski definition) is 3. The molecule has 4 atom stereocenters. The fraction of sp³-hybridized carbons (Fsp3) is 0.333. The number of nitrogens with one attached hydrogen (secondary N) is 2. The van der Waals surface area contributed by atoms with Gasteiger partial charge in [-0.3, -0.25) is 9.69 Å². The van der Waals surface area contributed by atoms with Crippen molar-refractivity contribution in [3.05, 3.63) is 131 Å². The molecule has 3 N–H and O–H groups in total. The first-order valence-corrected chi connectivity index (χ1v) is 16.4. The molecule has 252 valence electrons. The van der Waals surface area contributed by atoms with E-state index in [-0.39, 0.29) is 38.0 Å². The molecule has 5 rings (SSSR count). The molecule has 9 heteroatoms. The number of hydrogen-bond acceptors (Lipinski definition) is 7. The molecule has 0 aromatic heterocycles. The number of urea groups is 1. The third-order valence-corrected chi connectivity index (χ3v) is 8.62. The van der Waals surface area contributed by atoms with E-state index in [0.717, 1.165) is 39.9 Å². The van der Waals surface area contributed by atoms with Gasteiger partial charge in [-0.1, -0.05) is 91.0 Å². The predicted molar refractivity (Wildman–Crippen MR) is 185 cm³/mol. The molecule has 0 aliphatic carbocycles. The van der Waals surface area contributed by atoms with Gasteiger partial charge in [-0.25, -0.2) is 4.79 Å². The van der Waals surface area contributed by atoms with Crippen molar-refractivity contribution in [2.75, 3.05) is 26.7 Å². The Bertz CT molecular complexity index is 1630. The first-order chi connectivity index (χ1) is 23.3. The summed E-state index contributed by atoms with van der Waals surface area (Å²) in [5.74, 6) is -0.480. The van der Waals surface area contributed by atoms with Crippen LogP contribution in [0.25, 0.3) is 11.1 Å². The molecule has 2 amide bonds. The van der Waals surface area contributed by atoms with Gasteiger partial charge in [0.1, 0.15) is 6.54 Å². The summed E-state index contributed by atoms with van der Waals surface area (Å²) in [5.41, 5.74) is 6.97. The molecule has 0 radical (unpaired) electrons. The van der Waals surface area contributed by atoms with Crippen molar-refractivity contribution in [3.8, 4) is 11.1 Å². The van der Waals surface area contributed by atoms with Crippen molar-refractivity contribution in [2.24, 2.45) is 0 Å². The van der Waals surface area contributed by atoms with E-state index < -0.39 is 18.3 Å². The maximum absolute atomic E-state index is 12.2. The SMILES string of the molecule is CCOC(=O)CNC(=O)NCc1cccc(-c2cccc([C@H]3O[C@@H](CN(C)[C@@H](C)c4ccccc4)C[C@@H](c4ccc(CO)cc4)O3)c2)c1. The molecular weight excluding hydrogens is 606 g/mol. The van der Waals surface area contributed by atoms with Gasteiger partial charge in [-0.2, -0.15) is 0 Å². The average Bonchev–Trinajstić information content (AvgIpc) is 3.13. The number of rotatable bonds is 13. The normalized spacial score (nSPS) is 18.2. The molecule has 1 aliphatic rings. The van der Waals surface area contributed by atoms with Gasteiger partial charge in [0.05, 0.1) is 25.4 Å². The van der Waals surface area contributed by atoms with Gasteiger partial charge in [-0.15, -0.1) is 0 Å². The van der Waals surface area contributed by atoms with Gasteiger partial charge in [0.15, 0.2) is 6.29 Å². The molecule has 0 bridgehead atoms. The fourth-order valence-electron chi connectivity index (χ4n) is 5.83. The summed E-state index contributed by atoms with van der Waals surface area (Å²) in [5, 5.41) is 14.9. The fourth-order valence-corrected chi connectivity index (χ4v) is 5.83. The van der Waals surface area contributed by atoms with Crippen molar-refractivity contribution >= 4 is 12.0 Å². The Labute approximate surface area is 282 Å². The highest BCUT2D eigenvalue weighted by atomic mass is 16.7. The smallest absolute Gasteiger partial charge is 0.325 e. The number of ether oxygens (including phenoxy) is 3. The van der Waals surface area contributed by atoms with Crippen LogP contribution in [0.3, 0.4) is 0 Å². The molecule has 1 fully saturated rings. The summed E-state index contributed by atoms with van der Waals surface area (Å²) in [6.45, 7) is 5.02. The molecule has 1 aliphatic heterocycles. The molecule has 0 unspecified atom stereocenters. The van der Waals surface area contributed by atoms with Crippen molar-refractivity contribution < 1.29 is 28.9 Å². The minimum atomic E-state index is -0.584. The Kier molecular flexibility index (Phi) is 12.3. The Morgan fingerprint density at radius 3 is 2.33 bits per heavy atom. The van der Waals surface area contributed by atoms with Gasteiger partial charge in [0.25, 0.3) is 0 Å². The van der Waals surface area contributed by atoms with E-state index >= 15 is 0 Å². The Morgan fingerprint density at radius 1 is 0.875 bits per heavy atom. The molecule has 0 saturated carbocycles. The number of aliphatic hydroxyl groups is 1. The maximum atomic E-state index is 12.2. The highest BCUT2D eigenvalue weighted by molar-refractivity contribution is 5.80. The van der Waals surface area contributed by atoms with Gasteiger partial charge in [-0.05, 0) is 66.4 Å². The third kappa shape index (κ3) is 9.51. The summed E-state index contributed by atoms with van der Waals surface area (Å²) in [6, 6.07) is 34.3. The van der Waals surface area contributed by atoms with E-state index in [1.165, 1.54) is 5.56 Å². The van der Waals surface area contributed by atoms with Crippen LogP contribution in [0.4, 0.5) is 4.79 Å². The monoisotopic (exact) mass is 651 g/mol. The van der Waals surface area contributed by atoms with Crippen LogP contribution < -0.4 is 10.6 Å². The van der Waals surface area contributed by atoms with Crippen LogP contribution >= 0.6 is 0 Å². The molecular formula is C39H45N3O6. The second-order valence-corrected chi connectivity index (χ2v) is 12.0. The summed E-state index contributed by atoms with van der Waals surface area (Å²) in [7, 11) is 2.13. The number of aliphatic hydroxyl groups excluding tert-OH is 1. The van der Waals surface area contributed by atoms with Crippen LogP contribution in [-0.2, 0) is 32.2 Å². The van der Waals surface area contributed by atoms with Crippen molar-refractivity contribution in [3.63, 3.8) is 0 Å². The second-order valence-electron chi connectivity index (χ2n) is 12.0. The Balaban J connectivity index is 1.31. The maximum Gasteiger partial charge on any atom is 0.325 e. The van der Waals surface area contributed by atoms with Gasteiger partial charge < -0.3 is 30.0 Å². The first kappa shape index (κ1) is 34.8.